The molecule has 0 aromatic carbocycles. The van der Waals surface area contributed by atoms with E-state index in [1.54, 1.807) is 0 Å². The minimum atomic E-state index is -0.110. The molecule has 2 aromatic rings. The first-order valence-electron chi connectivity index (χ1n) is 8.29. The summed E-state index contributed by atoms with van der Waals surface area (Å²) in [6.07, 6.45) is 2.51. The summed E-state index contributed by atoms with van der Waals surface area (Å²) in [5, 5.41) is 8.55. The second kappa shape index (κ2) is 6.59. The summed E-state index contributed by atoms with van der Waals surface area (Å²) in [4.78, 5) is 20.9. The van der Waals surface area contributed by atoms with Crippen LogP contribution in [0, 0.1) is 6.92 Å². The SMILES string of the molecule is CCc1nc(C)c(C(=O)N2CCCC2c2ccc(N(C)C)nn2)o1. The highest BCUT2D eigenvalue weighted by Crippen LogP contribution is 2.32. The van der Waals surface area contributed by atoms with Gasteiger partial charge in [0, 0.05) is 27.1 Å². The van der Waals surface area contributed by atoms with E-state index >= 15 is 0 Å². The van der Waals surface area contributed by atoms with Gasteiger partial charge in [-0.1, -0.05) is 6.92 Å². The minimum Gasteiger partial charge on any atom is -0.435 e. The molecule has 1 unspecified atom stereocenters. The molecular weight excluding hydrogens is 306 g/mol. The van der Waals surface area contributed by atoms with E-state index in [1.807, 2.05) is 49.9 Å². The first-order chi connectivity index (χ1) is 11.5. The van der Waals surface area contributed by atoms with Crippen molar-refractivity contribution in [1.82, 2.24) is 20.1 Å². The van der Waals surface area contributed by atoms with E-state index in [0.717, 1.165) is 24.4 Å². The standard InChI is InChI=1S/C17H23N5O2/c1-5-15-18-11(2)16(24-15)17(23)22-10-6-7-13(22)12-8-9-14(20-19-12)21(3)4/h8-9,13H,5-7,10H2,1-4H3. The normalized spacial score (nSPS) is 17.3. The number of rotatable bonds is 4. The van der Waals surface area contributed by atoms with Crippen molar-refractivity contribution in [3.05, 3.63) is 35.2 Å². The van der Waals surface area contributed by atoms with Crippen LogP contribution in [-0.2, 0) is 6.42 Å². The first-order valence-corrected chi connectivity index (χ1v) is 8.29. The van der Waals surface area contributed by atoms with Crippen molar-refractivity contribution < 1.29 is 9.21 Å². The fraction of sp³-hybridized carbons (Fsp3) is 0.529. The molecule has 3 heterocycles. The monoisotopic (exact) mass is 329 g/mol. The van der Waals surface area contributed by atoms with Gasteiger partial charge in [0.05, 0.1) is 17.4 Å². The van der Waals surface area contributed by atoms with Crippen LogP contribution >= 0.6 is 0 Å². The summed E-state index contributed by atoms with van der Waals surface area (Å²) < 4.78 is 5.63. The van der Waals surface area contributed by atoms with Gasteiger partial charge in [0.25, 0.3) is 5.91 Å². The largest absolute Gasteiger partial charge is 0.435 e. The maximum Gasteiger partial charge on any atom is 0.292 e. The van der Waals surface area contributed by atoms with Crippen molar-refractivity contribution in [1.29, 1.82) is 0 Å². The number of nitrogens with zero attached hydrogens (tertiary/aromatic N) is 5. The summed E-state index contributed by atoms with van der Waals surface area (Å²) >= 11 is 0. The Hall–Kier alpha value is -2.44. The van der Waals surface area contributed by atoms with E-state index in [-0.39, 0.29) is 11.9 Å². The molecule has 1 aliphatic heterocycles. The van der Waals surface area contributed by atoms with Crippen LogP contribution in [0.4, 0.5) is 5.82 Å². The Bertz CT molecular complexity index is 723. The topological polar surface area (TPSA) is 75.4 Å². The lowest BCUT2D eigenvalue weighted by atomic mass is 10.1. The van der Waals surface area contributed by atoms with Gasteiger partial charge < -0.3 is 14.2 Å². The highest BCUT2D eigenvalue weighted by atomic mass is 16.4. The van der Waals surface area contributed by atoms with Crippen LogP contribution in [-0.4, -0.2) is 46.6 Å². The number of amides is 1. The number of hydrogen-bond acceptors (Lipinski definition) is 6. The minimum absolute atomic E-state index is 0.0595. The molecule has 128 valence electrons. The van der Waals surface area contributed by atoms with Crippen LogP contribution in [0.3, 0.4) is 0 Å². The molecule has 1 amide bonds. The first kappa shape index (κ1) is 16.4. The molecule has 3 rings (SSSR count). The smallest absolute Gasteiger partial charge is 0.292 e. The molecule has 24 heavy (non-hydrogen) atoms. The van der Waals surface area contributed by atoms with Gasteiger partial charge in [0.15, 0.2) is 11.7 Å². The summed E-state index contributed by atoms with van der Waals surface area (Å²) in [6, 6.07) is 3.82. The predicted octanol–water partition coefficient (Wildman–Crippen LogP) is 2.38. The Balaban J connectivity index is 1.84. The number of aromatic nitrogens is 3. The molecular formula is C17H23N5O2. The molecule has 0 aliphatic carbocycles. The van der Waals surface area contributed by atoms with Crippen molar-refractivity contribution in [2.75, 3.05) is 25.5 Å². The van der Waals surface area contributed by atoms with Gasteiger partial charge in [0.1, 0.15) is 0 Å². The van der Waals surface area contributed by atoms with E-state index in [0.29, 0.717) is 30.3 Å². The molecule has 0 saturated carbocycles. The molecule has 2 aromatic heterocycles. The van der Waals surface area contributed by atoms with Gasteiger partial charge >= 0.3 is 0 Å². The summed E-state index contributed by atoms with van der Waals surface area (Å²) in [7, 11) is 3.85. The number of likely N-dealkylation sites (tertiary alicyclic amines) is 1. The van der Waals surface area contributed by atoms with Gasteiger partial charge in [-0.15, -0.1) is 5.10 Å². The van der Waals surface area contributed by atoms with Crippen LogP contribution < -0.4 is 4.90 Å². The Morgan fingerprint density at radius 1 is 1.38 bits per heavy atom. The molecule has 1 atom stereocenters. The summed E-state index contributed by atoms with van der Waals surface area (Å²) in [5.41, 5.74) is 1.47. The van der Waals surface area contributed by atoms with Crippen LogP contribution in [0.1, 0.15) is 53.6 Å². The van der Waals surface area contributed by atoms with Crippen LogP contribution in [0.25, 0.3) is 0 Å². The maximum atomic E-state index is 12.9. The number of carbonyl (C=O) groups is 1. The Labute approximate surface area is 141 Å². The molecule has 7 heteroatoms. The molecule has 1 fully saturated rings. The lowest BCUT2D eigenvalue weighted by Gasteiger charge is -2.23. The zero-order valence-electron chi connectivity index (χ0n) is 14.6. The summed E-state index contributed by atoms with van der Waals surface area (Å²) in [5.74, 6) is 1.63. The fourth-order valence-electron chi connectivity index (χ4n) is 3.00. The van der Waals surface area contributed by atoms with Crippen LogP contribution in [0.5, 0.6) is 0 Å². The van der Waals surface area contributed by atoms with Crippen molar-refractivity contribution in [3.8, 4) is 0 Å². The Kier molecular flexibility index (Phi) is 4.51. The van der Waals surface area contributed by atoms with Crippen molar-refractivity contribution in [2.24, 2.45) is 0 Å². The van der Waals surface area contributed by atoms with Gasteiger partial charge in [-0.05, 0) is 31.9 Å². The van der Waals surface area contributed by atoms with Gasteiger partial charge in [0.2, 0.25) is 5.76 Å². The second-order valence-corrected chi connectivity index (χ2v) is 6.24. The molecule has 1 saturated heterocycles. The van der Waals surface area contributed by atoms with E-state index in [4.69, 9.17) is 4.42 Å². The van der Waals surface area contributed by atoms with Gasteiger partial charge in [-0.2, -0.15) is 5.10 Å². The maximum absolute atomic E-state index is 12.9. The van der Waals surface area contributed by atoms with Gasteiger partial charge in [-0.3, -0.25) is 4.79 Å². The van der Waals surface area contributed by atoms with E-state index < -0.39 is 0 Å². The average molecular weight is 329 g/mol. The average Bonchev–Trinajstić information content (AvgIpc) is 3.20. The van der Waals surface area contributed by atoms with Crippen LogP contribution in [0.2, 0.25) is 0 Å². The summed E-state index contributed by atoms with van der Waals surface area (Å²) in [6.45, 7) is 4.47. The highest BCUT2D eigenvalue weighted by molar-refractivity contribution is 5.93. The predicted molar refractivity (Wildman–Crippen MR) is 90.0 cm³/mol. The molecule has 0 N–H and O–H groups in total. The highest BCUT2D eigenvalue weighted by Gasteiger charge is 2.34. The van der Waals surface area contributed by atoms with Crippen molar-refractivity contribution in [2.45, 2.75) is 39.2 Å². The zero-order chi connectivity index (χ0) is 17.3. The van der Waals surface area contributed by atoms with E-state index in [1.165, 1.54) is 0 Å². The lowest BCUT2D eigenvalue weighted by Crippen LogP contribution is -2.31. The molecule has 7 nitrogen and oxygen atoms in total. The van der Waals surface area contributed by atoms with Crippen molar-refractivity contribution in [3.63, 3.8) is 0 Å². The zero-order valence-corrected chi connectivity index (χ0v) is 14.6. The van der Waals surface area contributed by atoms with E-state index in [9.17, 15) is 4.79 Å². The number of carbonyl (C=O) groups excluding carboxylic acids is 1. The number of oxazole rings is 1. The number of aryl methyl sites for hydroxylation is 2. The Morgan fingerprint density at radius 3 is 2.75 bits per heavy atom. The molecule has 0 spiro atoms. The second-order valence-electron chi connectivity index (χ2n) is 6.24. The third-order valence-electron chi connectivity index (χ3n) is 4.32. The lowest BCUT2D eigenvalue weighted by molar-refractivity contribution is 0.0697. The van der Waals surface area contributed by atoms with Gasteiger partial charge in [-0.25, -0.2) is 4.98 Å². The molecule has 1 aliphatic rings. The Morgan fingerprint density at radius 2 is 2.17 bits per heavy atom. The molecule has 0 bridgehead atoms. The number of hydrogen-bond donors (Lipinski definition) is 0. The van der Waals surface area contributed by atoms with E-state index in [2.05, 4.69) is 15.2 Å². The third kappa shape index (κ3) is 2.98. The third-order valence-corrected chi connectivity index (χ3v) is 4.32. The van der Waals surface area contributed by atoms with Crippen molar-refractivity contribution >= 4 is 11.7 Å². The quantitative estimate of drug-likeness (QED) is 0.857. The molecule has 0 radical (unpaired) electrons. The fourth-order valence-corrected chi connectivity index (χ4v) is 3.00. The van der Waals surface area contributed by atoms with Crippen LogP contribution in [0.15, 0.2) is 16.5 Å². The number of anilines is 1.